The molecule has 0 aliphatic rings. The molecule has 0 fully saturated rings. The van der Waals surface area contributed by atoms with E-state index in [0.717, 1.165) is 10.7 Å². The van der Waals surface area contributed by atoms with Gasteiger partial charge in [-0.05, 0) is 35.7 Å². The van der Waals surface area contributed by atoms with Gasteiger partial charge in [-0.25, -0.2) is 4.79 Å². The lowest BCUT2D eigenvalue weighted by Crippen LogP contribution is -2.14. The van der Waals surface area contributed by atoms with Gasteiger partial charge in [0.25, 0.3) is 0 Å². The minimum absolute atomic E-state index is 0.153. The number of carboxylic acids is 1. The van der Waals surface area contributed by atoms with Crippen molar-refractivity contribution in [2.45, 2.75) is 11.7 Å². The standard InChI is InChI=1S/C18H16N4O3S2/c1-2-9-22-16(14-4-3-10-26-14)20-21-18(22)27-11-15(23)19-13-7-5-12(6-8-13)17(24)25/h2-8,10H,1,9,11H2,(H,19,23)(H,24,25). The third-order valence-corrected chi connectivity index (χ3v) is 5.35. The second-order valence-corrected chi connectivity index (χ2v) is 7.29. The Kier molecular flexibility index (Phi) is 6.05. The van der Waals surface area contributed by atoms with Crippen LogP contribution in [0.15, 0.2) is 59.6 Å². The molecule has 0 aliphatic heterocycles. The van der Waals surface area contributed by atoms with E-state index in [1.807, 2.05) is 22.1 Å². The van der Waals surface area contributed by atoms with Gasteiger partial charge < -0.3 is 10.4 Å². The van der Waals surface area contributed by atoms with Crippen LogP contribution in [0, 0.1) is 0 Å². The van der Waals surface area contributed by atoms with Crippen LogP contribution in [0.25, 0.3) is 10.7 Å². The summed E-state index contributed by atoms with van der Waals surface area (Å²) in [5.74, 6) is -0.321. The van der Waals surface area contributed by atoms with Gasteiger partial charge >= 0.3 is 5.97 Å². The van der Waals surface area contributed by atoms with Gasteiger partial charge in [-0.3, -0.25) is 9.36 Å². The number of nitrogens with one attached hydrogen (secondary N) is 1. The summed E-state index contributed by atoms with van der Waals surface area (Å²) in [7, 11) is 0. The van der Waals surface area contributed by atoms with Crippen LogP contribution < -0.4 is 5.32 Å². The van der Waals surface area contributed by atoms with Crippen LogP contribution in [0.2, 0.25) is 0 Å². The maximum absolute atomic E-state index is 12.2. The summed E-state index contributed by atoms with van der Waals surface area (Å²) in [6.07, 6.45) is 1.76. The molecule has 7 nitrogen and oxygen atoms in total. The predicted molar refractivity (Wildman–Crippen MR) is 106 cm³/mol. The molecule has 1 aromatic carbocycles. The van der Waals surface area contributed by atoms with Crippen molar-refractivity contribution in [2.75, 3.05) is 11.1 Å². The molecule has 3 rings (SSSR count). The number of anilines is 1. The van der Waals surface area contributed by atoms with E-state index in [1.54, 1.807) is 29.5 Å². The highest BCUT2D eigenvalue weighted by atomic mass is 32.2. The molecule has 2 aromatic heterocycles. The Morgan fingerprint density at radius 1 is 1.26 bits per heavy atom. The summed E-state index contributed by atoms with van der Waals surface area (Å²) in [4.78, 5) is 24.0. The van der Waals surface area contributed by atoms with Gasteiger partial charge in [0, 0.05) is 12.2 Å². The molecular weight excluding hydrogens is 384 g/mol. The molecule has 0 bridgehead atoms. The van der Waals surface area contributed by atoms with E-state index in [1.165, 1.54) is 23.9 Å². The van der Waals surface area contributed by atoms with Crippen LogP contribution >= 0.6 is 23.1 Å². The monoisotopic (exact) mass is 400 g/mol. The topological polar surface area (TPSA) is 97.1 Å². The van der Waals surface area contributed by atoms with Crippen LogP contribution in [-0.2, 0) is 11.3 Å². The number of nitrogens with zero attached hydrogens (tertiary/aromatic N) is 3. The number of hydrogen-bond acceptors (Lipinski definition) is 6. The van der Waals surface area contributed by atoms with Crippen LogP contribution in [0.4, 0.5) is 5.69 Å². The Morgan fingerprint density at radius 3 is 2.67 bits per heavy atom. The van der Waals surface area contributed by atoms with Crippen molar-refractivity contribution >= 4 is 40.7 Å². The van der Waals surface area contributed by atoms with Gasteiger partial charge in [0.2, 0.25) is 5.91 Å². The second kappa shape index (κ2) is 8.65. The molecule has 0 aliphatic carbocycles. The fourth-order valence-corrected chi connectivity index (χ4v) is 3.77. The number of thioether (sulfide) groups is 1. The largest absolute Gasteiger partial charge is 0.478 e. The second-order valence-electron chi connectivity index (χ2n) is 5.40. The van der Waals surface area contributed by atoms with E-state index < -0.39 is 5.97 Å². The third kappa shape index (κ3) is 4.63. The van der Waals surface area contributed by atoms with Crippen LogP contribution in [0.5, 0.6) is 0 Å². The Balaban J connectivity index is 1.64. The number of carbonyl (C=O) groups excluding carboxylic acids is 1. The Morgan fingerprint density at radius 2 is 2.04 bits per heavy atom. The maximum atomic E-state index is 12.2. The van der Waals surface area contributed by atoms with Crippen molar-refractivity contribution in [3.63, 3.8) is 0 Å². The summed E-state index contributed by atoms with van der Waals surface area (Å²) in [5.41, 5.74) is 0.707. The van der Waals surface area contributed by atoms with Gasteiger partial charge in [0.05, 0.1) is 16.2 Å². The van der Waals surface area contributed by atoms with E-state index in [9.17, 15) is 9.59 Å². The molecule has 0 spiro atoms. The zero-order valence-corrected chi connectivity index (χ0v) is 15.8. The molecular formula is C18H16N4O3S2. The highest BCUT2D eigenvalue weighted by molar-refractivity contribution is 7.99. The first-order valence-electron chi connectivity index (χ1n) is 7.92. The normalized spacial score (nSPS) is 10.5. The molecule has 0 unspecified atom stereocenters. The van der Waals surface area contributed by atoms with Crippen molar-refractivity contribution in [2.24, 2.45) is 0 Å². The highest BCUT2D eigenvalue weighted by Gasteiger charge is 2.15. The van der Waals surface area contributed by atoms with Gasteiger partial charge in [-0.2, -0.15) is 0 Å². The molecule has 2 N–H and O–H groups in total. The molecule has 27 heavy (non-hydrogen) atoms. The van der Waals surface area contributed by atoms with Gasteiger partial charge in [0.15, 0.2) is 11.0 Å². The summed E-state index contributed by atoms with van der Waals surface area (Å²) < 4.78 is 1.92. The maximum Gasteiger partial charge on any atom is 0.335 e. The van der Waals surface area contributed by atoms with Crippen molar-refractivity contribution in [3.05, 3.63) is 60.0 Å². The Hall–Kier alpha value is -2.91. The number of carboxylic acid groups (broad SMARTS) is 1. The summed E-state index contributed by atoms with van der Waals surface area (Å²) in [5, 5.41) is 22.7. The van der Waals surface area contributed by atoms with Crippen LogP contribution in [-0.4, -0.2) is 37.5 Å². The number of aromatic nitrogens is 3. The molecule has 1 amide bonds. The van der Waals surface area contributed by atoms with E-state index >= 15 is 0 Å². The van der Waals surface area contributed by atoms with Crippen LogP contribution in [0.1, 0.15) is 10.4 Å². The van der Waals surface area contributed by atoms with E-state index in [-0.39, 0.29) is 17.2 Å². The number of amides is 1. The Bertz CT molecular complexity index is 950. The molecule has 0 saturated carbocycles. The molecule has 2 heterocycles. The molecule has 0 radical (unpaired) electrons. The fourth-order valence-electron chi connectivity index (χ4n) is 2.30. The number of allylic oxidation sites excluding steroid dienone is 1. The lowest BCUT2D eigenvalue weighted by atomic mass is 10.2. The summed E-state index contributed by atoms with van der Waals surface area (Å²) in [6, 6.07) is 9.92. The summed E-state index contributed by atoms with van der Waals surface area (Å²) >= 11 is 2.85. The van der Waals surface area contributed by atoms with Crippen LogP contribution in [0.3, 0.4) is 0 Å². The molecule has 0 atom stereocenters. The van der Waals surface area contributed by atoms with Gasteiger partial charge in [0.1, 0.15) is 0 Å². The number of benzene rings is 1. The Labute approximate surface area is 163 Å². The average molecular weight is 400 g/mol. The number of carbonyl (C=O) groups is 2. The smallest absolute Gasteiger partial charge is 0.335 e. The molecule has 3 aromatic rings. The number of aromatic carboxylic acids is 1. The van der Waals surface area contributed by atoms with E-state index in [2.05, 4.69) is 22.1 Å². The zero-order valence-electron chi connectivity index (χ0n) is 14.2. The van der Waals surface area contributed by atoms with E-state index in [0.29, 0.717) is 17.4 Å². The fraction of sp³-hybridized carbons (Fsp3) is 0.111. The lowest BCUT2D eigenvalue weighted by molar-refractivity contribution is -0.113. The SMILES string of the molecule is C=CCn1c(SCC(=O)Nc2ccc(C(=O)O)cc2)nnc1-c1cccs1. The van der Waals surface area contributed by atoms with Crippen molar-refractivity contribution in [1.82, 2.24) is 14.8 Å². The summed E-state index contributed by atoms with van der Waals surface area (Å²) in [6.45, 7) is 4.31. The highest BCUT2D eigenvalue weighted by Crippen LogP contribution is 2.27. The van der Waals surface area contributed by atoms with Gasteiger partial charge in [-0.15, -0.1) is 28.1 Å². The molecule has 138 valence electrons. The first-order chi connectivity index (χ1) is 13.1. The first kappa shape index (κ1) is 18.9. The minimum atomic E-state index is -1.01. The number of hydrogen-bond donors (Lipinski definition) is 2. The predicted octanol–water partition coefficient (Wildman–Crippen LogP) is 3.62. The lowest BCUT2D eigenvalue weighted by Gasteiger charge is -2.07. The third-order valence-electron chi connectivity index (χ3n) is 3.52. The van der Waals surface area contributed by atoms with E-state index in [4.69, 9.17) is 5.11 Å². The van der Waals surface area contributed by atoms with Crippen molar-refractivity contribution in [1.29, 1.82) is 0 Å². The quantitative estimate of drug-likeness (QED) is 0.443. The number of rotatable bonds is 8. The minimum Gasteiger partial charge on any atom is -0.478 e. The van der Waals surface area contributed by atoms with Gasteiger partial charge in [-0.1, -0.05) is 23.9 Å². The van der Waals surface area contributed by atoms with Crippen molar-refractivity contribution < 1.29 is 14.7 Å². The first-order valence-corrected chi connectivity index (χ1v) is 9.79. The molecule has 0 saturated heterocycles. The van der Waals surface area contributed by atoms with Crippen molar-refractivity contribution in [3.8, 4) is 10.7 Å². The average Bonchev–Trinajstić information content (AvgIpc) is 3.30. The zero-order chi connectivity index (χ0) is 19.2. The molecule has 9 heteroatoms. The number of thiophene rings is 1.